The summed E-state index contributed by atoms with van der Waals surface area (Å²) >= 11 is 0. The van der Waals surface area contributed by atoms with Gasteiger partial charge in [-0.2, -0.15) is 0 Å². The van der Waals surface area contributed by atoms with Crippen LogP contribution in [0.25, 0.3) is 0 Å². The molecule has 0 unspecified atom stereocenters. The van der Waals surface area contributed by atoms with Crippen molar-refractivity contribution in [3.63, 3.8) is 0 Å². The van der Waals surface area contributed by atoms with E-state index in [0.29, 0.717) is 17.5 Å². The molecule has 0 amide bonds. The zero-order valence-corrected chi connectivity index (χ0v) is 13.1. The van der Waals surface area contributed by atoms with E-state index in [-0.39, 0.29) is 11.3 Å². The van der Waals surface area contributed by atoms with E-state index in [1.54, 1.807) is 12.1 Å². The van der Waals surface area contributed by atoms with Crippen molar-refractivity contribution in [2.75, 3.05) is 13.1 Å². The molecule has 1 aromatic rings. The zero-order valence-electron chi connectivity index (χ0n) is 13.1. The Balaban J connectivity index is 1.95. The number of hydrogen-bond acceptors (Lipinski definition) is 3. The summed E-state index contributed by atoms with van der Waals surface area (Å²) in [5.41, 5.74) is 1.16. The monoisotopic (exact) mass is 293 g/mol. The SMILES string of the molecule is CC(C)(C)C1CCN(Cc2ccc(B(O)O)cc2F)CC1. The molecule has 0 aliphatic carbocycles. The molecule has 0 aromatic heterocycles. The number of likely N-dealkylation sites (tertiary alicyclic amines) is 1. The van der Waals surface area contributed by atoms with Crippen LogP contribution in [0.5, 0.6) is 0 Å². The smallest absolute Gasteiger partial charge is 0.423 e. The van der Waals surface area contributed by atoms with E-state index in [1.807, 2.05) is 0 Å². The van der Waals surface area contributed by atoms with Crippen molar-refractivity contribution in [1.29, 1.82) is 0 Å². The molecule has 0 radical (unpaired) electrons. The van der Waals surface area contributed by atoms with Gasteiger partial charge in [-0.1, -0.05) is 32.9 Å². The van der Waals surface area contributed by atoms with Crippen LogP contribution in [-0.2, 0) is 6.54 Å². The van der Waals surface area contributed by atoms with Gasteiger partial charge >= 0.3 is 7.12 Å². The molecule has 2 N–H and O–H groups in total. The standard InChI is InChI=1S/C16H25BFNO2/c1-16(2,3)13-6-8-19(9-7-13)11-12-4-5-14(17(20)21)10-15(12)18/h4-5,10,13,20-21H,6-9,11H2,1-3H3. The second-order valence-corrected chi connectivity index (χ2v) is 7.14. The Morgan fingerprint density at radius 1 is 1.24 bits per heavy atom. The zero-order chi connectivity index (χ0) is 15.6. The third kappa shape index (κ3) is 4.28. The molecule has 2 rings (SSSR count). The molecule has 1 aliphatic heterocycles. The molecule has 0 spiro atoms. The van der Waals surface area contributed by atoms with Gasteiger partial charge in [0.05, 0.1) is 0 Å². The van der Waals surface area contributed by atoms with Gasteiger partial charge in [-0.05, 0) is 48.8 Å². The molecular formula is C16H25BFNO2. The van der Waals surface area contributed by atoms with Crippen LogP contribution in [0.2, 0.25) is 0 Å². The molecule has 3 nitrogen and oxygen atoms in total. The van der Waals surface area contributed by atoms with Gasteiger partial charge in [-0.25, -0.2) is 4.39 Å². The molecule has 0 bridgehead atoms. The minimum absolute atomic E-state index is 0.197. The van der Waals surface area contributed by atoms with Crippen LogP contribution in [0.15, 0.2) is 18.2 Å². The third-order valence-corrected chi connectivity index (χ3v) is 4.58. The lowest BCUT2D eigenvalue weighted by molar-refractivity contribution is 0.107. The minimum Gasteiger partial charge on any atom is -0.423 e. The number of hydrogen-bond donors (Lipinski definition) is 2. The van der Waals surface area contributed by atoms with E-state index in [9.17, 15) is 4.39 Å². The van der Waals surface area contributed by atoms with Gasteiger partial charge in [0.1, 0.15) is 5.82 Å². The molecule has 1 heterocycles. The van der Waals surface area contributed by atoms with E-state index < -0.39 is 7.12 Å². The summed E-state index contributed by atoms with van der Waals surface area (Å²) in [4.78, 5) is 2.27. The van der Waals surface area contributed by atoms with E-state index in [4.69, 9.17) is 10.0 Å². The molecule has 1 aliphatic rings. The van der Waals surface area contributed by atoms with E-state index in [1.165, 1.54) is 6.07 Å². The van der Waals surface area contributed by atoms with Gasteiger partial charge in [0.2, 0.25) is 0 Å². The topological polar surface area (TPSA) is 43.7 Å². The van der Waals surface area contributed by atoms with Crippen LogP contribution in [0.4, 0.5) is 4.39 Å². The Bertz CT molecular complexity index is 480. The molecule has 0 saturated carbocycles. The summed E-state index contributed by atoms with van der Waals surface area (Å²) in [7, 11) is -1.61. The Labute approximate surface area is 126 Å². The minimum atomic E-state index is -1.61. The summed E-state index contributed by atoms with van der Waals surface area (Å²) in [6.45, 7) is 9.42. The lowest BCUT2D eigenvalue weighted by atomic mass is 9.75. The van der Waals surface area contributed by atoms with Crippen molar-refractivity contribution in [2.45, 2.75) is 40.2 Å². The van der Waals surface area contributed by atoms with Gasteiger partial charge < -0.3 is 10.0 Å². The van der Waals surface area contributed by atoms with Crippen molar-refractivity contribution >= 4 is 12.6 Å². The largest absolute Gasteiger partial charge is 0.488 e. The quantitative estimate of drug-likeness (QED) is 0.835. The highest BCUT2D eigenvalue weighted by Gasteiger charge is 2.28. The van der Waals surface area contributed by atoms with Crippen molar-refractivity contribution < 1.29 is 14.4 Å². The van der Waals surface area contributed by atoms with E-state index in [0.717, 1.165) is 31.8 Å². The molecule has 0 atom stereocenters. The van der Waals surface area contributed by atoms with Gasteiger partial charge in [0.15, 0.2) is 0 Å². The van der Waals surface area contributed by atoms with E-state index in [2.05, 4.69) is 25.7 Å². The molecule has 116 valence electrons. The first-order valence-corrected chi connectivity index (χ1v) is 7.64. The molecule has 21 heavy (non-hydrogen) atoms. The average molecular weight is 293 g/mol. The van der Waals surface area contributed by atoms with Crippen molar-refractivity contribution in [1.82, 2.24) is 4.90 Å². The van der Waals surface area contributed by atoms with Crippen molar-refractivity contribution in [3.8, 4) is 0 Å². The first-order chi connectivity index (χ1) is 9.77. The van der Waals surface area contributed by atoms with Crippen molar-refractivity contribution in [3.05, 3.63) is 29.6 Å². The normalized spacial score (nSPS) is 18.0. The maximum Gasteiger partial charge on any atom is 0.488 e. The Morgan fingerprint density at radius 3 is 2.33 bits per heavy atom. The number of nitrogens with zero attached hydrogens (tertiary/aromatic N) is 1. The van der Waals surface area contributed by atoms with Gasteiger partial charge in [0, 0.05) is 12.1 Å². The predicted octanol–water partition coefficient (Wildman–Crippen LogP) is 1.76. The van der Waals surface area contributed by atoms with Crippen molar-refractivity contribution in [2.24, 2.45) is 11.3 Å². The summed E-state index contributed by atoms with van der Waals surface area (Å²) in [6, 6.07) is 4.44. The maximum absolute atomic E-state index is 14.0. The van der Waals surface area contributed by atoms with Gasteiger partial charge in [-0.15, -0.1) is 0 Å². The Morgan fingerprint density at radius 2 is 1.86 bits per heavy atom. The molecular weight excluding hydrogens is 268 g/mol. The third-order valence-electron chi connectivity index (χ3n) is 4.58. The Kier molecular flexibility index (Phi) is 5.07. The number of benzene rings is 1. The number of rotatable bonds is 3. The summed E-state index contributed by atoms with van der Waals surface area (Å²) in [6.07, 6.45) is 2.30. The summed E-state index contributed by atoms with van der Waals surface area (Å²) in [5.74, 6) is 0.365. The highest BCUT2D eigenvalue weighted by Crippen LogP contribution is 2.34. The van der Waals surface area contributed by atoms with E-state index >= 15 is 0 Å². The van der Waals surface area contributed by atoms with Gasteiger partial charge in [0.25, 0.3) is 0 Å². The lowest BCUT2D eigenvalue weighted by Gasteiger charge is -2.38. The second kappa shape index (κ2) is 6.47. The average Bonchev–Trinajstić information content (AvgIpc) is 2.40. The first kappa shape index (κ1) is 16.5. The fourth-order valence-corrected chi connectivity index (χ4v) is 3.05. The fraction of sp³-hybridized carbons (Fsp3) is 0.625. The Hall–Kier alpha value is -0.905. The predicted molar refractivity (Wildman–Crippen MR) is 83.7 cm³/mol. The first-order valence-electron chi connectivity index (χ1n) is 7.64. The van der Waals surface area contributed by atoms with Gasteiger partial charge in [-0.3, -0.25) is 4.90 Å². The van der Waals surface area contributed by atoms with Crippen LogP contribution >= 0.6 is 0 Å². The van der Waals surface area contributed by atoms with Crippen LogP contribution in [0.3, 0.4) is 0 Å². The maximum atomic E-state index is 14.0. The summed E-state index contributed by atoms with van der Waals surface area (Å²) in [5, 5.41) is 18.1. The van der Waals surface area contributed by atoms with Crippen LogP contribution in [0, 0.1) is 17.2 Å². The van der Waals surface area contributed by atoms with Crippen LogP contribution < -0.4 is 5.46 Å². The second-order valence-electron chi connectivity index (χ2n) is 7.14. The lowest BCUT2D eigenvalue weighted by Crippen LogP contribution is -2.38. The highest BCUT2D eigenvalue weighted by atomic mass is 19.1. The molecule has 5 heteroatoms. The van der Waals surface area contributed by atoms with Crippen LogP contribution in [0.1, 0.15) is 39.2 Å². The van der Waals surface area contributed by atoms with Crippen LogP contribution in [-0.4, -0.2) is 35.2 Å². The number of halogens is 1. The molecule has 1 saturated heterocycles. The summed E-state index contributed by atoms with van der Waals surface area (Å²) < 4.78 is 14.0. The molecule has 1 fully saturated rings. The molecule has 1 aromatic carbocycles. The number of piperidine rings is 1. The highest BCUT2D eigenvalue weighted by molar-refractivity contribution is 6.58. The fourth-order valence-electron chi connectivity index (χ4n) is 3.05.